The van der Waals surface area contributed by atoms with E-state index in [9.17, 15) is 14.4 Å². The second-order valence-corrected chi connectivity index (χ2v) is 11.5. The second-order valence-electron chi connectivity index (χ2n) is 11.5. The molecule has 222 valence electrons. The van der Waals surface area contributed by atoms with Crippen molar-refractivity contribution in [1.29, 1.82) is 0 Å². The zero-order valence-electron chi connectivity index (χ0n) is 25.2. The van der Waals surface area contributed by atoms with Gasteiger partial charge in [-0.3, -0.25) is 9.59 Å². The van der Waals surface area contributed by atoms with Crippen LogP contribution in [0.4, 0.5) is 10.5 Å². The number of carbonyl (C=O) groups excluding carboxylic acids is 3. The third-order valence-electron chi connectivity index (χ3n) is 6.85. The van der Waals surface area contributed by atoms with Crippen LogP contribution in [0, 0.1) is 6.92 Å². The summed E-state index contributed by atoms with van der Waals surface area (Å²) in [6.45, 7) is 11.2. The van der Waals surface area contributed by atoms with Crippen LogP contribution in [0.25, 0.3) is 10.8 Å². The lowest BCUT2D eigenvalue weighted by Gasteiger charge is -2.34. The molecular formula is C36H39N3O4. The van der Waals surface area contributed by atoms with Crippen molar-refractivity contribution in [2.24, 2.45) is 0 Å². The van der Waals surface area contributed by atoms with E-state index >= 15 is 0 Å². The minimum absolute atomic E-state index is 0.0732. The van der Waals surface area contributed by atoms with Crippen molar-refractivity contribution in [1.82, 2.24) is 10.2 Å². The first-order chi connectivity index (χ1) is 20.5. The van der Waals surface area contributed by atoms with Crippen LogP contribution in [0.3, 0.4) is 0 Å². The second kappa shape index (κ2) is 13.8. The van der Waals surface area contributed by atoms with Crippen molar-refractivity contribution in [3.05, 3.63) is 126 Å². The van der Waals surface area contributed by atoms with E-state index in [0.717, 1.165) is 21.9 Å². The number of nitrogens with zero attached hydrogens (tertiary/aromatic N) is 1. The highest BCUT2D eigenvalue weighted by Crippen LogP contribution is 2.27. The number of fused-ring (bicyclic) bond motifs is 1. The van der Waals surface area contributed by atoms with Crippen molar-refractivity contribution < 1.29 is 19.1 Å². The van der Waals surface area contributed by atoms with Crippen molar-refractivity contribution in [2.45, 2.75) is 51.8 Å². The molecule has 2 unspecified atom stereocenters. The average molecular weight is 578 g/mol. The predicted molar refractivity (Wildman–Crippen MR) is 172 cm³/mol. The van der Waals surface area contributed by atoms with Crippen molar-refractivity contribution in [3.63, 3.8) is 0 Å². The maximum atomic E-state index is 14.4. The van der Waals surface area contributed by atoms with Crippen LogP contribution in [0.15, 0.2) is 110 Å². The maximum absolute atomic E-state index is 14.4. The van der Waals surface area contributed by atoms with E-state index < -0.39 is 29.7 Å². The number of alkyl carbamates (subject to hydrolysis) is 1. The van der Waals surface area contributed by atoms with Gasteiger partial charge in [0.05, 0.1) is 0 Å². The van der Waals surface area contributed by atoms with E-state index in [1.54, 1.807) is 26.8 Å². The third kappa shape index (κ3) is 8.55. The highest BCUT2D eigenvalue weighted by Gasteiger charge is 2.36. The minimum atomic E-state index is -1.00. The van der Waals surface area contributed by atoms with Crippen LogP contribution >= 0.6 is 0 Å². The summed E-state index contributed by atoms with van der Waals surface area (Å²) in [4.78, 5) is 42.8. The molecule has 2 N–H and O–H groups in total. The molecule has 0 radical (unpaired) electrons. The summed E-state index contributed by atoms with van der Waals surface area (Å²) in [5, 5.41) is 7.82. The predicted octanol–water partition coefficient (Wildman–Crippen LogP) is 6.98. The summed E-state index contributed by atoms with van der Waals surface area (Å²) >= 11 is 0. The van der Waals surface area contributed by atoms with E-state index in [1.165, 1.54) is 4.90 Å². The van der Waals surface area contributed by atoms with Gasteiger partial charge in [-0.05, 0) is 61.7 Å². The van der Waals surface area contributed by atoms with Crippen LogP contribution in [-0.2, 0) is 20.7 Å². The number of rotatable bonds is 10. The summed E-state index contributed by atoms with van der Waals surface area (Å²) in [5.74, 6) is -0.820. The van der Waals surface area contributed by atoms with Crippen molar-refractivity contribution in [2.75, 3.05) is 11.9 Å². The largest absolute Gasteiger partial charge is 0.444 e. The van der Waals surface area contributed by atoms with Gasteiger partial charge >= 0.3 is 6.09 Å². The van der Waals surface area contributed by atoms with Crippen LogP contribution in [0.1, 0.15) is 43.5 Å². The molecule has 0 spiro atoms. The lowest BCUT2D eigenvalue weighted by molar-refractivity contribution is -0.140. The molecule has 2 atom stereocenters. The molecule has 7 heteroatoms. The normalized spacial score (nSPS) is 12.6. The number of nitrogens with one attached hydrogen (secondary N) is 2. The van der Waals surface area contributed by atoms with Crippen molar-refractivity contribution in [3.8, 4) is 0 Å². The Bertz CT molecular complexity index is 1580. The number of hydrogen-bond acceptors (Lipinski definition) is 4. The Labute approximate surface area is 253 Å². The zero-order chi connectivity index (χ0) is 31.0. The molecule has 0 fully saturated rings. The summed E-state index contributed by atoms with van der Waals surface area (Å²) in [5.41, 5.74) is 2.36. The Hall–Kier alpha value is -4.91. The van der Waals surface area contributed by atoms with E-state index in [1.807, 2.05) is 104 Å². The van der Waals surface area contributed by atoms with Gasteiger partial charge in [-0.1, -0.05) is 96.6 Å². The molecule has 0 heterocycles. The molecule has 0 aliphatic heterocycles. The summed E-state index contributed by atoms with van der Waals surface area (Å²) in [6, 6.07) is 28.5. The highest BCUT2D eigenvalue weighted by molar-refractivity contribution is 6.00. The summed E-state index contributed by atoms with van der Waals surface area (Å²) < 4.78 is 5.50. The number of ether oxygens (including phenoxy) is 1. The smallest absolute Gasteiger partial charge is 0.408 e. The summed E-state index contributed by atoms with van der Waals surface area (Å²) in [6.07, 6.45) is 1.07. The quantitative estimate of drug-likeness (QED) is 0.199. The first-order valence-electron chi connectivity index (χ1n) is 14.3. The van der Waals surface area contributed by atoms with Gasteiger partial charge in [0.1, 0.15) is 17.7 Å². The van der Waals surface area contributed by atoms with Gasteiger partial charge in [0.25, 0.3) is 5.91 Å². The first kappa shape index (κ1) is 31.0. The minimum Gasteiger partial charge on any atom is -0.444 e. The van der Waals surface area contributed by atoms with Crippen LogP contribution in [0.5, 0.6) is 0 Å². The first-order valence-corrected chi connectivity index (χ1v) is 14.3. The molecule has 0 aliphatic rings. The van der Waals surface area contributed by atoms with E-state index in [4.69, 9.17) is 4.74 Å². The van der Waals surface area contributed by atoms with Gasteiger partial charge < -0.3 is 20.3 Å². The molecule has 0 bridgehead atoms. The molecule has 0 aliphatic carbocycles. The van der Waals surface area contributed by atoms with E-state index in [0.29, 0.717) is 11.3 Å². The Morgan fingerprint density at radius 1 is 0.884 bits per heavy atom. The SMILES string of the molecule is C=CCN(C(=O)C(Cc1ccccc1)NC(=O)OC(C)(C)C)C(C(=O)Nc1ccc2ccccc2c1)c1ccc(C)cc1. The standard InChI is InChI=1S/C36H39N3O4/c1-6-22-39(34(41)31(23-26-12-8-7-9-13-26)38-35(42)43-36(3,4)5)32(28-18-16-25(2)17-19-28)33(40)37-30-21-20-27-14-10-11-15-29(27)24-30/h6-21,24,31-32H,1,22-23H2,2-5H3,(H,37,40)(H,38,42). The topological polar surface area (TPSA) is 87.7 Å². The van der Waals surface area contributed by atoms with Crippen LogP contribution in [-0.4, -0.2) is 41.0 Å². The van der Waals surface area contributed by atoms with Crippen LogP contribution in [0.2, 0.25) is 0 Å². The molecule has 0 aromatic heterocycles. The highest BCUT2D eigenvalue weighted by atomic mass is 16.6. The molecule has 0 saturated carbocycles. The van der Waals surface area contributed by atoms with Crippen LogP contribution < -0.4 is 10.6 Å². The Morgan fingerprint density at radius 2 is 1.53 bits per heavy atom. The van der Waals surface area contributed by atoms with E-state index in [-0.39, 0.29) is 18.9 Å². The average Bonchev–Trinajstić information content (AvgIpc) is 2.96. The number of carbonyl (C=O) groups is 3. The molecule has 43 heavy (non-hydrogen) atoms. The summed E-state index contributed by atoms with van der Waals surface area (Å²) in [7, 11) is 0. The Balaban J connectivity index is 1.71. The lowest BCUT2D eigenvalue weighted by atomic mass is 9.99. The lowest BCUT2D eigenvalue weighted by Crippen LogP contribution is -2.53. The molecular weight excluding hydrogens is 538 g/mol. The number of anilines is 1. The molecule has 4 aromatic carbocycles. The third-order valence-corrected chi connectivity index (χ3v) is 6.85. The Kier molecular flexibility index (Phi) is 9.99. The maximum Gasteiger partial charge on any atom is 0.408 e. The fourth-order valence-corrected chi connectivity index (χ4v) is 4.86. The number of amides is 3. The fourth-order valence-electron chi connectivity index (χ4n) is 4.86. The molecule has 0 saturated heterocycles. The van der Waals surface area contributed by atoms with Gasteiger partial charge in [-0.2, -0.15) is 0 Å². The zero-order valence-corrected chi connectivity index (χ0v) is 25.2. The van der Waals surface area contributed by atoms with Gasteiger partial charge in [0, 0.05) is 18.7 Å². The number of hydrogen-bond donors (Lipinski definition) is 2. The Morgan fingerprint density at radius 3 is 2.19 bits per heavy atom. The molecule has 3 amide bonds. The molecule has 7 nitrogen and oxygen atoms in total. The van der Waals surface area contributed by atoms with Gasteiger partial charge in [-0.15, -0.1) is 6.58 Å². The van der Waals surface area contributed by atoms with Gasteiger partial charge in [0.2, 0.25) is 5.91 Å². The fraction of sp³-hybridized carbons (Fsp3) is 0.250. The monoisotopic (exact) mass is 577 g/mol. The van der Waals surface area contributed by atoms with Crippen molar-refractivity contribution >= 4 is 34.4 Å². The number of benzene rings is 4. The van der Waals surface area contributed by atoms with E-state index in [2.05, 4.69) is 17.2 Å². The molecule has 4 aromatic rings. The van der Waals surface area contributed by atoms with Gasteiger partial charge in [-0.25, -0.2) is 4.79 Å². The van der Waals surface area contributed by atoms with Gasteiger partial charge in [0.15, 0.2) is 0 Å². The number of aryl methyl sites for hydroxylation is 1. The molecule has 4 rings (SSSR count).